The highest BCUT2D eigenvalue weighted by Gasteiger charge is 1.97. The first-order valence-electron chi connectivity index (χ1n) is 2.99. The van der Waals surface area contributed by atoms with E-state index in [1.807, 2.05) is 6.92 Å². The lowest BCUT2D eigenvalue weighted by Crippen LogP contribution is -2.22. The van der Waals surface area contributed by atoms with Gasteiger partial charge in [-0.25, -0.2) is 0 Å². The second-order valence-corrected chi connectivity index (χ2v) is 1.92. The topological polar surface area (TPSA) is 68.8 Å². The Bertz CT molecular complexity index is 242. The Morgan fingerprint density at radius 3 is 2.90 bits per heavy atom. The Balaban J connectivity index is 2.88. The van der Waals surface area contributed by atoms with Crippen molar-refractivity contribution in [2.45, 2.75) is 13.3 Å². The second kappa shape index (κ2) is 2.51. The number of hydrogen-bond acceptors (Lipinski definition) is 3. The molecule has 1 aromatic heterocycles. The molecule has 0 bridgehead atoms. The Morgan fingerprint density at radius 1 is 1.90 bits per heavy atom. The van der Waals surface area contributed by atoms with Crippen LogP contribution >= 0.6 is 0 Å². The van der Waals surface area contributed by atoms with Crippen LogP contribution in [0.4, 0.5) is 0 Å². The summed E-state index contributed by atoms with van der Waals surface area (Å²) in [5.74, 6) is -1.24. The van der Waals surface area contributed by atoms with Gasteiger partial charge in [0.05, 0.1) is 5.97 Å². The third-order valence-electron chi connectivity index (χ3n) is 1.22. The van der Waals surface area contributed by atoms with Gasteiger partial charge < -0.3 is 9.90 Å². The highest BCUT2D eigenvalue weighted by Crippen LogP contribution is 1.97. The Morgan fingerprint density at radius 2 is 2.60 bits per heavy atom. The van der Waals surface area contributed by atoms with Crippen LogP contribution in [-0.4, -0.2) is 16.2 Å². The smallest absolute Gasteiger partial charge is 0.108 e. The second-order valence-electron chi connectivity index (χ2n) is 1.92. The standard InChI is InChI=1S/C6H8N2O2/c1-2-4-3-5(6(9)10)8-7-4/h3H,2H2,1H3,(H,7,8)(H,9,10)/p-1. The number of nitrogens with zero attached hydrogens (tertiary/aromatic N) is 1. The molecule has 0 spiro atoms. The van der Waals surface area contributed by atoms with E-state index in [1.54, 1.807) is 0 Å². The maximum absolute atomic E-state index is 10.1. The van der Waals surface area contributed by atoms with Crippen LogP contribution in [-0.2, 0) is 6.42 Å². The van der Waals surface area contributed by atoms with Crippen LogP contribution in [0.1, 0.15) is 23.1 Å². The lowest BCUT2D eigenvalue weighted by molar-refractivity contribution is -0.255. The van der Waals surface area contributed by atoms with Crippen molar-refractivity contribution in [3.05, 3.63) is 17.5 Å². The molecule has 0 unspecified atom stereocenters. The fourth-order valence-electron chi connectivity index (χ4n) is 0.647. The van der Waals surface area contributed by atoms with Gasteiger partial charge in [-0.15, -0.1) is 0 Å². The van der Waals surface area contributed by atoms with E-state index in [-0.39, 0.29) is 5.69 Å². The number of carboxylic acid groups (broad SMARTS) is 1. The predicted molar refractivity (Wildman–Crippen MR) is 32.3 cm³/mol. The highest BCUT2D eigenvalue weighted by molar-refractivity contribution is 5.83. The van der Waals surface area contributed by atoms with Crippen LogP contribution in [0.5, 0.6) is 0 Å². The van der Waals surface area contributed by atoms with Crippen molar-refractivity contribution in [1.82, 2.24) is 10.2 Å². The quantitative estimate of drug-likeness (QED) is 0.591. The SMILES string of the molecule is CCc1cc(C(=O)[O-])n[nH]1. The van der Waals surface area contributed by atoms with E-state index < -0.39 is 5.97 Å². The van der Waals surface area contributed by atoms with Crippen molar-refractivity contribution in [1.29, 1.82) is 0 Å². The summed E-state index contributed by atoms with van der Waals surface area (Å²) < 4.78 is 0. The molecule has 0 atom stereocenters. The van der Waals surface area contributed by atoms with E-state index in [0.29, 0.717) is 0 Å². The number of hydrogen-bond donors (Lipinski definition) is 1. The molecule has 0 aliphatic rings. The maximum Gasteiger partial charge on any atom is 0.108 e. The van der Waals surface area contributed by atoms with Gasteiger partial charge in [-0.3, -0.25) is 5.10 Å². The van der Waals surface area contributed by atoms with Crippen molar-refractivity contribution >= 4 is 5.97 Å². The minimum absolute atomic E-state index is 0.0307. The zero-order valence-electron chi connectivity index (χ0n) is 5.55. The molecule has 1 aromatic rings. The molecule has 1 rings (SSSR count). The van der Waals surface area contributed by atoms with Crippen molar-refractivity contribution in [2.75, 3.05) is 0 Å². The Kier molecular flexibility index (Phi) is 1.71. The third-order valence-corrected chi connectivity index (χ3v) is 1.22. The molecular weight excluding hydrogens is 132 g/mol. The number of H-pyrrole nitrogens is 1. The van der Waals surface area contributed by atoms with E-state index in [4.69, 9.17) is 0 Å². The molecule has 0 saturated heterocycles. The van der Waals surface area contributed by atoms with Gasteiger partial charge in [0.15, 0.2) is 0 Å². The summed E-state index contributed by atoms with van der Waals surface area (Å²) in [6.07, 6.45) is 0.750. The summed E-state index contributed by atoms with van der Waals surface area (Å²) in [5, 5.41) is 16.2. The predicted octanol–water partition coefficient (Wildman–Crippen LogP) is -0.664. The van der Waals surface area contributed by atoms with Gasteiger partial charge in [-0.1, -0.05) is 6.92 Å². The van der Waals surface area contributed by atoms with Crippen molar-refractivity contribution < 1.29 is 9.90 Å². The van der Waals surface area contributed by atoms with Gasteiger partial charge in [0.25, 0.3) is 0 Å². The number of aryl methyl sites for hydroxylation is 1. The summed E-state index contributed by atoms with van der Waals surface area (Å²) in [7, 11) is 0. The molecule has 0 aliphatic heterocycles. The van der Waals surface area contributed by atoms with E-state index in [0.717, 1.165) is 12.1 Å². The van der Waals surface area contributed by atoms with E-state index in [1.165, 1.54) is 6.07 Å². The normalized spacial score (nSPS) is 9.70. The van der Waals surface area contributed by atoms with Crippen LogP contribution in [0.3, 0.4) is 0 Å². The van der Waals surface area contributed by atoms with Crippen LogP contribution in [0.25, 0.3) is 0 Å². The van der Waals surface area contributed by atoms with Crippen LogP contribution in [0, 0.1) is 0 Å². The number of rotatable bonds is 2. The van der Waals surface area contributed by atoms with Gasteiger partial charge >= 0.3 is 0 Å². The van der Waals surface area contributed by atoms with Crippen molar-refractivity contribution in [3.63, 3.8) is 0 Å². The molecule has 0 aromatic carbocycles. The molecule has 54 valence electrons. The number of aromatic nitrogens is 2. The lowest BCUT2D eigenvalue weighted by Gasteiger charge is -1.90. The minimum atomic E-state index is -1.24. The number of aromatic carboxylic acids is 1. The number of carboxylic acids is 1. The number of carbonyl (C=O) groups excluding carboxylic acids is 1. The average molecular weight is 139 g/mol. The largest absolute Gasteiger partial charge is 0.543 e. The number of aromatic amines is 1. The third kappa shape index (κ3) is 1.15. The van der Waals surface area contributed by atoms with Crippen LogP contribution in [0.2, 0.25) is 0 Å². The van der Waals surface area contributed by atoms with E-state index in [9.17, 15) is 9.90 Å². The summed E-state index contributed by atoms with van der Waals surface area (Å²) >= 11 is 0. The molecule has 1 N–H and O–H groups in total. The molecule has 0 radical (unpaired) electrons. The summed E-state index contributed by atoms with van der Waals surface area (Å²) in [6.45, 7) is 1.91. The van der Waals surface area contributed by atoms with Gasteiger partial charge in [-0.2, -0.15) is 5.10 Å². The first-order valence-corrected chi connectivity index (χ1v) is 2.99. The summed E-state index contributed by atoms with van der Waals surface area (Å²) in [4.78, 5) is 10.1. The zero-order chi connectivity index (χ0) is 7.56. The van der Waals surface area contributed by atoms with Crippen molar-refractivity contribution in [3.8, 4) is 0 Å². The summed E-state index contributed by atoms with van der Waals surface area (Å²) in [5.41, 5.74) is 0.774. The lowest BCUT2D eigenvalue weighted by atomic mass is 10.3. The first kappa shape index (κ1) is 6.80. The molecule has 1 heterocycles. The van der Waals surface area contributed by atoms with Gasteiger partial charge in [0.1, 0.15) is 5.69 Å². The fourth-order valence-corrected chi connectivity index (χ4v) is 0.647. The minimum Gasteiger partial charge on any atom is -0.543 e. The van der Waals surface area contributed by atoms with Crippen LogP contribution in [0.15, 0.2) is 6.07 Å². The highest BCUT2D eigenvalue weighted by atomic mass is 16.4. The number of carbonyl (C=O) groups is 1. The molecule has 0 amide bonds. The molecule has 4 nitrogen and oxygen atoms in total. The van der Waals surface area contributed by atoms with Gasteiger partial charge in [-0.05, 0) is 12.5 Å². The Labute approximate surface area is 57.9 Å². The van der Waals surface area contributed by atoms with E-state index >= 15 is 0 Å². The Hall–Kier alpha value is -1.32. The van der Waals surface area contributed by atoms with E-state index in [2.05, 4.69) is 10.2 Å². The van der Waals surface area contributed by atoms with Crippen molar-refractivity contribution in [2.24, 2.45) is 0 Å². The zero-order valence-corrected chi connectivity index (χ0v) is 5.55. The van der Waals surface area contributed by atoms with Gasteiger partial charge in [0.2, 0.25) is 0 Å². The maximum atomic E-state index is 10.1. The summed E-state index contributed by atoms with van der Waals surface area (Å²) in [6, 6.07) is 1.47. The first-order chi connectivity index (χ1) is 4.74. The molecular formula is C6H7N2O2-. The number of nitrogens with one attached hydrogen (secondary N) is 1. The average Bonchev–Trinajstić information content (AvgIpc) is 2.34. The molecule has 0 saturated carbocycles. The molecule has 0 fully saturated rings. The monoisotopic (exact) mass is 139 g/mol. The van der Waals surface area contributed by atoms with Gasteiger partial charge in [0, 0.05) is 5.69 Å². The molecule has 0 aliphatic carbocycles. The fraction of sp³-hybridized carbons (Fsp3) is 0.333. The van der Waals surface area contributed by atoms with Crippen LogP contribution < -0.4 is 5.11 Å². The molecule has 4 heteroatoms. The molecule has 10 heavy (non-hydrogen) atoms.